The van der Waals surface area contributed by atoms with Crippen molar-refractivity contribution in [2.24, 2.45) is 5.92 Å². The SMILES string of the molecule is Cc1ccc(N)c(N[C@H](CO)C(C)C)c1. The summed E-state index contributed by atoms with van der Waals surface area (Å²) >= 11 is 0. The highest BCUT2D eigenvalue weighted by molar-refractivity contribution is 5.67. The van der Waals surface area contributed by atoms with Gasteiger partial charge in [0.05, 0.1) is 24.0 Å². The summed E-state index contributed by atoms with van der Waals surface area (Å²) in [6.07, 6.45) is 0. The number of benzene rings is 1. The summed E-state index contributed by atoms with van der Waals surface area (Å²) in [5.41, 5.74) is 8.64. The molecule has 1 rings (SSSR count). The fraction of sp³-hybridized carbons (Fsp3) is 0.500. The van der Waals surface area contributed by atoms with Gasteiger partial charge in [0.2, 0.25) is 0 Å². The van der Waals surface area contributed by atoms with Gasteiger partial charge in [-0.05, 0) is 30.5 Å². The number of anilines is 2. The van der Waals surface area contributed by atoms with Crippen molar-refractivity contribution < 1.29 is 5.11 Å². The first-order chi connectivity index (χ1) is 7.04. The molecule has 1 aromatic carbocycles. The Morgan fingerprint density at radius 3 is 2.60 bits per heavy atom. The van der Waals surface area contributed by atoms with E-state index in [4.69, 9.17) is 5.73 Å². The minimum atomic E-state index is 0.0501. The van der Waals surface area contributed by atoms with Gasteiger partial charge in [-0.3, -0.25) is 0 Å². The highest BCUT2D eigenvalue weighted by Gasteiger charge is 2.12. The largest absolute Gasteiger partial charge is 0.397 e. The number of hydrogen-bond acceptors (Lipinski definition) is 3. The summed E-state index contributed by atoms with van der Waals surface area (Å²) in [5, 5.41) is 12.5. The Balaban J connectivity index is 2.82. The lowest BCUT2D eigenvalue weighted by Crippen LogP contribution is -2.29. The van der Waals surface area contributed by atoms with E-state index in [0.717, 1.165) is 16.9 Å². The molecule has 0 spiro atoms. The van der Waals surface area contributed by atoms with Crippen LogP contribution >= 0.6 is 0 Å². The summed E-state index contributed by atoms with van der Waals surface area (Å²) in [6, 6.07) is 5.91. The average Bonchev–Trinajstić information content (AvgIpc) is 2.18. The van der Waals surface area contributed by atoms with Crippen LogP contribution in [0.3, 0.4) is 0 Å². The Labute approximate surface area is 91.3 Å². The van der Waals surface area contributed by atoms with Crippen LogP contribution in [0.5, 0.6) is 0 Å². The minimum Gasteiger partial charge on any atom is -0.397 e. The molecule has 1 atom stereocenters. The molecule has 0 saturated carbocycles. The normalized spacial score (nSPS) is 12.9. The summed E-state index contributed by atoms with van der Waals surface area (Å²) in [6.45, 7) is 6.28. The Hall–Kier alpha value is -1.22. The zero-order valence-electron chi connectivity index (χ0n) is 9.62. The topological polar surface area (TPSA) is 58.3 Å². The molecule has 1 aromatic rings. The van der Waals surface area contributed by atoms with Crippen LogP contribution in [-0.4, -0.2) is 17.8 Å². The van der Waals surface area contributed by atoms with Crippen molar-refractivity contribution in [3.05, 3.63) is 23.8 Å². The van der Waals surface area contributed by atoms with E-state index in [1.807, 2.05) is 25.1 Å². The van der Waals surface area contributed by atoms with Gasteiger partial charge in [0.1, 0.15) is 0 Å². The monoisotopic (exact) mass is 208 g/mol. The van der Waals surface area contributed by atoms with Gasteiger partial charge in [0.25, 0.3) is 0 Å². The van der Waals surface area contributed by atoms with Crippen molar-refractivity contribution in [3.63, 3.8) is 0 Å². The number of rotatable bonds is 4. The molecular formula is C12H20N2O. The molecule has 3 heteroatoms. The molecule has 0 saturated heterocycles. The first kappa shape index (κ1) is 11.9. The number of aryl methyl sites for hydroxylation is 1. The fourth-order valence-electron chi connectivity index (χ4n) is 1.42. The number of aliphatic hydroxyl groups is 1. The molecule has 3 nitrogen and oxygen atoms in total. The van der Waals surface area contributed by atoms with Gasteiger partial charge in [-0.25, -0.2) is 0 Å². The molecule has 4 N–H and O–H groups in total. The second kappa shape index (κ2) is 5.03. The van der Waals surface area contributed by atoms with Crippen molar-refractivity contribution in [2.45, 2.75) is 26.8 Å². The third-order valence-electron chi connectivity index (χ3n) is 2.55. The van der Waals surface area contributed by atoms with E-state index < -0.39 is 0 Å². The summed E-state index contributed by atoms with van der Waals surface area (Å²) in [7, 11) is 0. The zero-order chi connectivity index (χ0) is 11.4. The maximum atomic E-state index is 9.21. The zero-order valence-corrected chi connectivity index (χ0v) is 9.62. The Morgan fingerprint density at radius 1 is 1.40 bits per heavy atom. The molecule has 84 valence electrons. The number of nitrogen functional groups attached to an aromatic ring is 1. The van der Waals surface area contributed by atoms with E-state index in [2.05, 4.69) is 19.2 Å². The average molecular weight is 208 g/mol. The van der Waals surface area contributed by atoms with Gasteiger partial charge in [-0.2, -0.15) is 0 Å². The maximum Gasteiger partial charge on any atom is 0.0635 e. The van der Waals surface area contributed by atoms with Crippen molar-refractivity contribution in [1.82, 2.24) is 0 Å². The quantitative estimate of drug-likeness (QED) is 0.663. The third kappa shape index (κ3) is 3.13. The molecule has 0 aliphatic heterocycles. The summed E-state index contributed by atoms with van der Waals surface area (Å²) in [5.74, 6) is 0.370. The van der Waals surface area contributed by atoms with Crippen LogP contribution in [0.15, 0.2) is 18.2 Å². The summed E-state index contributed by atoms with van der Waals surface area (Å²) in [4.78, 5) is 0. The number of nitrogens with one attached hydrogen (secondary N) is 1. The fourth-order valence-corrected chi connectivity index (χ4v) is 1.42. The van der Waals surface area contributed by atoms with Crippen molar-refractivity contribution in [2.75, 3.05) is 17.7 Å². The lowest BCUT2D eigenvalue weighted by Gasteiger charge is -2.22. The first-order valence-corrected chi connectivity index (χ1v) is 5.28. The van der Waals surface area contributed by atoms with E-state index in [9.17, 15) is 5.11 Å². The third-order valence-corrected chi connectivity index (χ3v) is 2.55. The number of hydrogen-bond donors (Lipinski definition) is 3. The van der Waals surface area contributed by atoms with Gasteiger partial charge >= 0.3 is 0 Å². The molecule has 0 aliphatic rings. The standard InChI is InChI=1S/C12H20N2O/c1-8(2)12(7-15)14-11-6-9(3)4-5-10(11)13/h4-6,8,12,14-15H,7,13H2,1-3H3/t12-/m1/s1. The Kier molecular flexibility index (Phi) is 3.97. The second-order valence-corrected chi connectivity index (χ2v) is 4.27. The van der Waals surface area contributed by atoms with Crippen molar-refractivity contribution in [3.8, 4) is 0 Å². The number of nitrogens with two attached hydrogens (primary N) is 1. The Bertz CT molecular complexity index is 323. The van der Waals surface area contributed by atoms with Crippen molar-refractivity contribution >= 4 is 11.4 Å². The second-order valence-electron chi connectivity index (χ2n) is 4.27. The van der Waals surface area contributed by atoms with Crippen LogP contribution in [0.2, 0.25) is 0 Å². The van der Waals surface area contributed by atoms with E-state index in [0.29, 0.717) is 5.92 Å². The maximum absolute atomic E-state index is 9.21. The molecule has 0 bridgehead atoms. The molecule has 0 heterocycles. The lowest BCUT2D eigenvalue weighted by atomic mass is 10.0. The van der Waals surface area contributed by atoms with Crippen LogP contribution in [-0.2, 0) is 0 Å². The van der Waals surface area contributed by atoms with Crippen LogP contribution in [0.1, 0.15) is 19.4 Å². The van der Waals surface area contributed by atoms with Crippen LogP contribution in [0.4, 0.5) is 11.4 Å². The van der Waals surface area contributed by atoms with Crippen LogP contribution in [0, 0.1) is 12.8 Å². The molecule has 0 fully saturated rings. The highest BCUT2D eigenvalue weighted by Crippen LogP contribution is 2.21. The molecule has 0 aromatic heterocycles. The minimum absolute atomic E-state index is 0.0501. The first-order valence-electron chi connectivity index (χ1n) is 5.28. The van der Waals surface area contributed by atoms with E-state index >= 15 is 0 Å². The molecule has 15 heavy (non-hydrogen) atoms. The van der Waals surface area contributed by atoms with Gasteiger partial charge in [0, 0.05) is 0 Å². The molecule has 0 unspecified atom stereocenters. The van der Waals surface area contributed by atoms with Gasteiger partial charge in [-0.1, -0.05) is 19.9 Å². The smallest absolute Gasteiger partial charge is 0.0635 e. The van der Waals surface area contributed by atoms with Crippen LogP contribution in [0.25, 0.3) is 0 Å². The Morgan fingerprint density at radius 2 is 2.07 bits per heavy atom. The summed E-state index contributed by atoms with van der Waals surface area (Å²) < 4.78 is 0. The number of aliphatic hydroxyl groups excluding tert-OH is 1. The highest BCUT2D eigenvalue weighted by atomic mass is 16.3. The van der Waals surface area contributed by atoms with Crippen molar-refractivity contribution in [1.29, 1.82) is 0 Å². The van der Waals surface area contributed by atoms with Gasteiger partial charge in [0.15, 0.2) is 0 Å². The molecule has 0 radical (unpaired) electrons. The van der Waals surface area contributed by atoms with Crippen LogP contribution < -0.4 is 11.1 Å². The molecular weight excluding hydrogens is 188 g/mol. The molecule has 0 amide bonds. The molecule has 0 aliphatic carbocycles. The lowest BCUT2D eigenvalue weighted by molar-refractivity contribution is 0.249. The predicted molar refractivity (Wildman–Crippen MR) is 64.9 cm³/mol. The predicted octanol–water partition coefficient (Wildman–Crippen LogP) is 2.01. The van der Waals surface area contributed by atoms with E-state index in [1.165, 1.54) is 0 Å². The van der Waals surface area contributed by atoms with Gasteiger partial charge < -0.3 is 16.2 Å². The van der Waals surface area contributed by atoms with Gasteiger partial charge in [-0.15, -0.1) is 0 Å². The van der Waals surface area contributed by atoms with E-state index in [-0.39, 0.29) is 12.6 Å². The van der Waals surface area contributed by atoms with E-state index in [1.54, 1.807) is 0 Å².